The smallest absolute Gasteiger partial charge is 0.396 e. The first kappa shape index (κ1) is 26.2. The van der Waals surface area contributed by atoms with E-state index in [0.717, 1.165) is 19.1 Å². The van der Waals surface area contributed by atoms with Crippen LogP contribution in [0.2, 0.25) is 0 Å². The second-order valence-corrected chi connectivity index (χ2v) is 10.5. The average Bonchev–Trinajstić information content (AvgIpc) is 2.78. The second kappa shape index (κ2) is 9.71. The molecule has 0 aliphatic heterocycles. The van der Waals surface area contributed by atoms with Gasteiger partial charge in [-0.3, -0.25) is 4.79 Å². The van der Waals surface area contributed by atoms with Crippen LogP contribution in [0.15, 0.2) is 65.2 Å². The molecule has 0 aromatic heterocycles. The Kier molecular flexibility index (Phi) is 7.29. The number of hydrogen-bond donors (Lipinski definition) is 3. The maximum Gasteiger partial charge on any atom is 0.396 e. The molecule has 7 nitrogen and oxygen atoms in total. The molecular weight excluding hydrogens is 485 g/mol. The number of carbonyl (C=O) groups is 1. The van der Waals surface area contributed by atoms with Crippen molar-refractivity contribution in [1.82, 2.24) is 5.32 Å². The molecule has 0 fully saturated rings. The van der Waals surface area contributed by atoms with Crippen molar-refractivity contribution in [3.8, 4) is 11.8 Å². The molecule has 0 bridgehead atoms. The summed E-state index contributed by atoms with van der Waals surface area (Å²) < 4.78 is 66.2. The summed E-state index contributed by atoms with van der Waals surface area (Å²) in [6.07, 6.45) is 2.09. The van der Waals surface area contributed by atoms with Gasteiger partial charge in [0.1, 0.15) is 5.75 Å². The van der Waals surface area contributed by atoms with E-state index in [0.29, 0.717) is 30.1 Å². The highest BCUT2D eigenvalue weighted by atomic mass is 32.2. The van der Waals surface area contributed by atoms with E-state index < -0.39 is 45.1 Å². The quantitative estimate of drug-likeness (QED) is 0.540. The molecule has 3 rings (SSSR count). The first-order valence-electron chi connectivity index (χ1n) is 10.6. The zero-order valence-electron chi connectivity index (χ0n) is 18.6. The highest BCUT2D eigenvalue weighted by Crippen LogP contribution is 2.37. The number of benzene rings is 1. The van der Waals surface area contributed by atoms with Gasteiger partial charge in [-0.05, 0) is 55.2 Å². The van der Waals surface area contributed by atoms with Gasteiger partial charge >= 0.3 is 6.18 Å². The van der Waals surface area contributed by atoms with E-state index in [1.54, 1.807) is 18.2 Å². The van der Waals surface area contributed by atoms with Gasteiger partial charge in [-0.15, -0.1) is 0 Å². The van der Waals surface area contributed by atoms with Gasteiger partial charge in [0.25, 0.3) is 5.91 Å². The van der Waals surface area contributed by atoms with Gasteiger partial charge in [0.2, 0.25) is 0 Å². The first-order valence-corrected chi connectivity index (χ1v) is 12.2. The van der Waals surface area contributed by atoms with Gasteiger partial charge in [-0.2, -0.15) is 18.4 Å². The standard InChI is InChI=1S/C24H23F3N2O5S/c1-23(32,22(31)29-17-10-9-16(13-28)20(12-17)24(25,26)27)14-35(33,34)21-8-3-2-7-19(21)15-5-4-6-18(30)11-15/h4-12,16,20,30,32H,2-3,14H2,1H3,(H,29,31). The van der Waals surface area contributed by atoms with Crippen LogP contribution in [-0.2, 0) is 14.6 Å². The third-order valence-electron chi connectivity index (χ3n) is 5.58. The van der Waals surface area contributed by atoms with E-state index in [4.69, 9.17) is 5.26 Å². The molecule has 0 saturated carbocycles. The van der Waals surface area contributed by atoms with Gasteiger partial charge < -0.3 is 15.5 Å². The van der Waals surface area contributed by atoms with Gasteiger partial charge in [-0.1, -0.05) is 30.4 Å². The monoisotopic (exact) mass is 508 g/mol. The van der Waals surface area contributed by atoms with Gasteiger partial charge in [0.05, 0.1) is 28.6 Å². The largest absolute Gasteiger partial charge is 0.508 e. The summed E-state index contributed by atoms with van der Waals surface area (Å²) in [5, 5.41) is 31.5. The number of nitrogens with one attached hydrogen (secondary N) is 1. The van der Waals surface area contributed by atoms with Gasteiger partial charge in [-0.25, -0.2) is 8.42 Å². The van der Waals surface area contributed by atoms with Crippen molar-refractivity contribution in [2.45, 2.75) is 31.5 Å². The molecule has 3 atom stereocenters. The number of nitriles is 1. The summed E-state index contributed by atoms with van der Waals surface area (Å²) in [6.45, 7) is 0.952. The molecule has 3 unspecified atom stereocenters. The Morgan fingerprint density at radius 1 is 1.26 bits per heavy atom. The summed E-state index contributed by atoms with van der Waals surface area (Å²) >= 11 is 0. The average molecular weight is 509 g/mol. The van der Waals surface area contributed by atoms with Crippen LogP contribution in [0, 0.1) is 23.2 Å². The fraction of sp³-hybridized carbons (Fsp3) is 0.333. The van der Waals surface area contributed by atoms with E-state index in [1.807, 2.05) is 0 Å². The SMILES string of the molecule is CC(O)(CS(=O)(=O)C1=CCCC=C1c1cccc(O)c1)C(=O)NC1=CC(C(F)(F)F)C(C#N)C=C1. The summed E-state index contributed by atoms with van der Waals surface area (Å²) in [5.41, 5.74) is -2.04. The Morgan fingerprint density at radius 3 is 2.57 bits per heavy atom. The number of hydrogen-bond acceptors (Lipinski definition) is 6. The van der Waals surface area contributed by atoms with Gasteiger partial charge in [0, 0.05) is 5.70 Å². The molecule has 0 heterocycles. The molecule has 1 amide bonds. The lowest BCUT2D eigenvalue weighted by Gasteiger charge is -2.27. The lowest BCUT2D eigenvalue weighted by atomic mass is 9.88. The van der Waals surface area contributed by atoms with E-state index >= 15 is 0 Å². The Labute approximate surface area is 200 Å². The number of alkyl halides is 3. The van der Waals surface area contributed by atoms with Crippen molar-refractivity contribution in [2.75, 3.05) is 5.75 Å². The lowest BCUT2D eigenvalue weighted by molar-refractivity contribution is -0.166. The number of aromatic hydroxyl groups is 1. The molecule has 0 saturated heterocycles. The highest BCUT2D eigenvalue weighted by molar-refractivity contribution is 7.95. The number of rotatable bonds is 6. The molecule has 3 N–H and O–H groups in total. The zero-order chi connectivity index (χ0) is 26.0. The summed E-state index contributed by atoms with van der Waals surface area (Å²) in [6, 6.07) is 7.50. The number of sulfone groups is 1. The van der Waals surface area contributed by atoms with E-state index in [2.05, 4.69) is 5.32 Å². The fourth-order valence-electron chi connectivity index (χ4n) is 3.84. The predicted octanol–water partition coefficient (Wildman–Crippen LogP) is 3.51. The van der Waals surface area contributed by atoms with E-state index in [9.17, 15) is 36.6 Å². The van der Waals surface area contributed by atoms with Crippen molar-refractivity contribution < 1.29 is 36.6 Å². The summed E-state index contributed by atoms with van der Waals surface area (Å²) in [7, 11) is -4.24. The van der Waals surface area contributed by atoms with Crippen LogP contribution in [-0.4, -0.2) is 42.1 Å². The minimum Gasteiger partial charge on any atom is -0.508 e. The Hall–Kier alpha value is -3.36. The highest BCUT2D eigenvalue weighted by Gasteiger charge is 2.45. The number of phenols is 1. The summed E-state index contributed by atoms with van der Waals surface area (Å²) in [5.74, 6) is -5.95. The Morgan fingerprint density at radius 2 is 1.94 bits per heavy atom. The normalized spacial score (nSPS) is 22.2. The zero-order valence-corrected chi connectivity index (χ0v) is 19.4. The third-order valence-corrected chi connectivity index (χ3v) is 7.58. The number of nitrogens with zero attached hydrogens (tertiary/aromatic N) is 1. The third kappa shape index (κ3) is 6.01. The number of halogens is 3. The molecule has 2 aliphatic carbocycles. The minimum atomic E-state index is -4.74. The molecule has 1 aromatic carbocycles. The second-order valence-electron chi connectivity index (χ2n) is 8.50. The van der Waals surface area contributed by atoms with Crippen LogP contribution in [0.25, 0.3) is 5.57 Å². The summed E-state index contributed by atoms with van der Waals surface area (Å²) in [4.78, 5) is 12.6. The van der Waals surface area contributed by atoms with Crippen LogP contribution in [0.5, 0.6) is 5.75 Å². The van der Waals surface area contributed by atoms with Crippen molar-refractivity contribution >= 4 is 21.3 Å². The molecule has 0 spiro atoms. The van der Waals surface area contributed by atoms with Crippen molar-refractivity contribution in [3.05, 3.63) is 70.8 Å². The van der Waals surface area contributed by atoms with Gasteiger partial charge in [0.15, 0.2) is 15.4 Å². The number of aliphatic hydroxyl groups is 1. The number of carbonyl (C=O) groups excluding carboxylic acids is 1. The topological polar surface area (TPSA) is 127 Å². The molecule has 11 heteroatoms. The van der Waals surface area contributed by atoms with Crippen molar-refractivity contribution in [3.63, 3.8) is 0 Å². The Balaban J connectivity index is 1.81. The first-order chi connectivity index (χ1) is 16.2. The van der Waals surface area contributed by atoms with Crippen molar-refractivity contribution in [2.24, 2.45) is 11.8 Å². The lowest BCUT2D eigenvalue weighted by Crippen LogP contribution is -2.49. The molecule has 35 heavy (non-hydrogen) atoms. The van der Waals surface area contributed by atoms with Crippen LogP contribution >= 0.6 is 0 Å². The maximum absolute atomic E-state index is 13.3. The molecule has 2 aliphatic rings. The predicted molar refractivity (Wildman–Crippen MR) is 122 cm³/mol. The molecular formula is C24H23F3N2O5S. The Bertz CT molecular complexity index is 1280. The maximum atomic E-state index is 13.3. The molecule has 186 valence electrons. The number of allylic oxidation sites excluding steroid dienone is 6. The number of phenolic OH excluding ortho intramolecular Hbond substituents is 1. The van der Waals surface area contributed by atoms with E-state index in [1.165, 1.54) is 24.3 Å². The van der Waals surface area contributed by atoms with Crippen LogP contribution in [0.3, 0.4) is 0 Å². The fourth-order valence-corrected chi connectivity index (χ4v) is 5.78. The van der Waals surface area contributed by atoms with Crippen LogP contribution in [0.4, 0.5) is 13.2 Å². The number of amides is 1. The van der Waals surface area contributed by atoms with E-state index in [-0.39, 0.29) is 16.4 Å². The van der Waals surface area contributed by atoms with Crippen molar-refractivity contribution in [1.29, 1.82) is 5.26 Å². The molecule has 1 aromatic rings. The van der Waals surface area contributed by atoms with Crippen LogP contribution < -0.4 is 5.32 Å². The minimum absolute atomic E-state index is 0.0679. The molecule has 0 radical (unpaired) electrons. The van der Waals surface area contributed by atoms with Crippen LogP contribution in [0.1, 0.15) is 25.3 Å².